The Morgan fingerprint density at radius 1 is 1.13 bits per heavy atom. The summed E-state index contributed by atoms with van der Waals surface area (Å²) in [5.74, 6) is -0.272. The zero-order valence-electron chi connectivity index (χ0n) is 18.2. The van der Waals surface area contributed by atoms with E-state index >= 15 is 0 Å². The van der Waals surface area contributed by atoms with Crippen LogP contribution >= 0.6 is 0 Å². The summed E-state index contributed by atoms with van der Waals surface area (Å²) in [4.78, 5) is 28.7. The van der Waals surface area contributed by atoms with E-state index in [9.17, 15) is 9.59 Å². The Morgan fingerprint density at radius 3 is 2.50 bits per heavy atom. The lowest BCUT2D eigenvalue weighted by Gasteiger charge is -2.42. The molecule has 1 fully saturated rings. The van der Waals surface area contributed by atoms with Gasteiger partial charge in [-0.1, -0.05) is 54.1 Å². The zero-order chi connectivity index (χ0) is 21.7. The molecule has 6 nitrogen and oxygen atoms in total. The fraction of sp³-hybridized carbons (Fsp3) is 0.417. The molecule has 160 valence electrons. The van der Waals surface area contributed by atoms with Gasteiger partial charge in [0.2, 0.25) is 5.91 Å². The van der Waals surface area contributed by atoms with Crippen molar-refractivity contribution < 1.29 is 19.1 Å². The van der Waals surface area contributed by atoms with Crippen LogP contribution in [0.3, 0.4) is 0 Å². The fourth-order valence-electron chi connectivity index (χ4n) is 3.90. The molecule has 3 rings (SSSR count). The molecule has 1 aliphatic heterocycles. The van der Waals surface area contributed by atoms with Crippen LogP contribution in [0.4, 0.5) is 0 Å². The maximum atomic E-state index is 13.1. The van der Waals surface area contributed by atoms with E-state index in [4.69, 9.17) is 9.47 Å². The second-order valence-electron chi connectivity index (χ2n) is 8.03. The molecule has 6 heteroatoms. The van der Waals surface area contributed by atoms with Gasteiger partial charge in [0, 0.05) is 34.2 Å². The first-order chi connectivity index (χ1) is 14.3. The molecular formula is C24H30N2O4. The molecule has 1 heterocycles. The molecule has 2 aromatic carbocycles. The van der Waals surface area contributed by atoms with Gasteiger partial charge in [0.25, 0.3) is 5.91 Å². The maximum absolute atomic E-state index is 13.1. The lowest BCUT2D eigenvalue weighted by molar-refractivity contribution is -0.173. The molecule has 2 amide bonds. The zero-order valence-corrected chi connectivity index (χ0v) is 18.2. The number of hydrogen-bond acceptors (Lipinski definition) is 4. The van der Waals surface area contributed by atoms with E-state index in [1.54, 1.807) is 19.0 Å². The number of nitrogens with zero attached hydrogens (tertiary/aromatic N) is 2. The summed E-state index contributed by atoms with van der Waals surface area (Å²) in [5, 5.41) is 0. The molecule has 0 bridgehead atoms. The molecule has 1 saturated heterocycles. The number of carbonyl (C=O) groups excluding carboxylic acids is 2. The summed E-state index contributed by atoms with van der Waals surface area (Å²) >= 11 is 0. The van der Waals surface area contributed by atoms with Gasteiger partial charge >= 0.3 is 0 Å². The van der Waals surface area contributed by atoms with Crippen molar-refractivity contribution in [2.75, 3.05) is 47.5 Å². The van der Waals surface area contributed by atoms with E-state index in [-0.39, 0.29) is 25.0 Å². The Kier molecular flexibility index (Phi) is 6.90. The highest BCUT2D eigenvalue weighted by Crippen LogP contribution is 2.27. The highest BCUT2D eigenvalue weighted by Gasteiger charge is 2.45. The molecule has 0 saturated carbocycles. The van der Waals surface area contributed by atoms with Gasteiger partial charge in [0.05, 0.1) is 13.2 Å². The summed E-state index contributed by atoms with van der Waals surface area (Å²) in [6.45, 7) is 3.06. The first-order valence-corrected chi connectivity index (χ1v) is 10.1. The second-order valence-corrected chi connectivity index (χ2v) is 8.03. The van der Waals surface area contributed by atoms with E-state index in [1.807, 2.05) is 18.2 Å². The molecule has 30 heavy (non-hydrogen) atoms. The number of carbonyl (C=O) groups is 2. The number of aryl methyl sites for hydroxylation is 1. The van der Waals surface area contributed by atoms with Gasteiger partial charge in [-0.15, -0.1) is 0 Å². The van der Waals surface area contributed by atoms with Crippen LogP contribution in [0.5, 0.6) is 0 Å². The van der Waals surface area contributed by atoms with Crippen LogP contribution in [0.2, 0.25) is 0 Å². The van der Waals surface area contributed by atoms with Gasteiger partial charge in [-0.25, -0.2) is 0 Å². The third kappa shape index (κ3) is 4.89. The molecule has 1 atom stereocenters. The third-order valence-electron chi connectivity index (χ3n) is 5.40. The van der Waals surface area contributed by atoms with E-state index in [0.29, 0.717) is 19.6 Å². The van der Waals surface area contributed by atoms with Gasteiger partial charge in [-0.3, -0.25) is 9.59 Å². The SMILES string of the molecule is COCC(=O)N1CCO[C@](Cc2ccc(-c3cccc(C)c3)cc2)(C(=O)N(C)C)C1. The van der Waals surface area contributed by atoms with Crippen LogP contribution in [0, 0.1) is 6.92 Å². The average molecular weight is 411 g/mol. The Morgan fingerprint density at radius 2 is 1.87 bits per heavy atom. The molecule has 2 aromatic rings. The highest BCUT2D eigenvalue weighted by atomic mass is 16.5. The third-order valence-corrected chi connectivity index (χ3v) is 5.40. The monoisotopic (exact) mass is 410 g/mol. The van der Waals surface area contributed by atoms with E-state index < -0.39 is 5.60 Å². The topological polar surface area (TPSA) is 59.1 Å². The Labute approximate surface area is 178 Å². The standard InChI is InChI=1S/C24H30N2O4/c1-18-6-5-7-21(14-18)20-10-8-19(9-11-20)15-24(23(28)25(2)3)17-26(12-13-30-24)22(27)16-29-4/h5-11,14H,12-13,15-17H2,1-4H3/t24-/m0/s1. The van der Waals surface area contributed by atoms with Crippen molar-refractivity contribution in [3.8, 4) is 11.1 Å². The number of likely N-dealkylation sites (N-methyl/N-ethyl adjacent to an activating group) is 1. The molecule has 0 N–H and O–H groups in total. The number of morpholine rings is 1. The van der Waals surface area contributed by atoms with Crippen LogP contribution in [-0.2, 0) is 25.5 Å². The molecule has 0 radical (unpaired) electrons. The van der Waals surface area contributed by atoms with Gasteiger partial charge < -0.3 is 19.3 Å². The maximum Gasteiger partial charge on any atom is 0.256 e. The molecule has 0 unspecified atom stereocenters. The summed E-state index contributed by atoms with van der Waals surface area (Å²) < 4.78 is 11.0. The summed E-state index contributed by atoms with van der Waals surface area (Å²) in [6, 6.07) is 16.5. The summed E-state index contributed by atoms with van der Waals surface area (Å²) in [6.07, 6.45) is 0.398. The van der Waals surface area contributed by atoms with Crippen LogP contribution in [0.15, 0.2) is 48.5 Å². The van der Waals surface area contributed by atoms with Gasteiger partial charge in [0.1, 0.15) is 6.61 Å². The minimum Gasteiger partial charge on any atom is -0.375 e. The van der Waals surface area contributed by atoms with Crippen molar-refractivity contribution in [2.45, 2.75) is 18.9 Å². The fourth-order valence-corrected chi connectivity index (χ4v) is 3.90. The normalized spacial score (nSPS) is 18.9. The van der Waals surface area contributed by atoms with Crippen LogP contribution in [-0.4, -0.2) is 74.7 Å². The Balaban J connectivity index is 1.85. The minimum atomic E-state index is -1.10. The summed E-state index contributed by atoms with van der Waals surface area (Å²) in [7, 11) is 4.92. The van der Waals surface area contributed by atoms with Crippen molar-refractivity contribution in [3.63, 3.8) is 0 Å². The van der Waals surface area contributed by atoms with E-state index in [1.165, 1.54) is 17.6 Å². The minimum absolute atomic E-state index is 0.00256. The average Bonchev–Trinajstić information content (AvgIpc) is 2.74. The van der Waals surface area contributed by atoms with E-state index in [0.717, 1.165) is 16.7 Å². The Hall–Kier alpha value is -2.70. The molecule has 0 aromatic heterocycles. The van der Waals surface area contributed by atoms with Crippen molar-refractivity contribution in [1.29, 1.82) is 0 Å². The molecule has 1 aliphatic rings. The first-order valence-electron chi connectivity index (χ1n) is 10.1. The van der Waals surface area contributed by atoms with Crippen molar-refractivity contribution in [2.24, 2.45) is 0 Å². The van der Waals surface area contributed by atoms with E-state index in [2.05, 4.69) is 37.3 Å². The molecule has 0 spiro atoms. The number of ether oxygens (including phenoxy) is 2. The van der Waals surface area contributed by atoms with Crippen molar-refractivity contribution >= 4 is 11.8 Å². The predicted molar refractivity (Wildman–Crippen MR) is 116 cm³/mol. The van der Waals surface area contributed by atoms with Crippen LogP contribution in [0.1, 0.15) is 11.1 Å². The largest absolute Gasteiger partial charge is 0.375 e. The van der Waals surface area contributed by atoms with Crippen molar-refractivity contribution in [1.82, 2.24) is 9.80 Å². The number of benzene rings is 2. The second kappa shape index (κ2) is 9.41. The summed E-state index contributed by atoms with van der Waals surface area (Å²) in [5.41, 5.74) is 3.38. The lowest BCUT2D eigenvalue weighted by Crippen LogP contribution is -2.62. The lowest BCUT2D eigenvalue weighted by atomic mass is 9.90. The molecular weight excluding hydrogens is 380 g/mol. The quantitative estimate of drug-likeness (QED) is 0.734. The number of amides is 2. The molecule has 0 aliphatic carbocycles. The number of hydrogen-bond donors (Lipinski definition) is 0. The van der Waals surface area contributed by atoms with Crippen LogP contribution < -0.4 is 0 Å². The van der Waals surface area contributed by atoms with Gasteiger partial charge in [-0.2, -0.15) is 0 Å². The Bertz CT molecular complexity index is 894. The smallest absolute Gasteiger partial charge is 0.256 e. The first kappa shape index (κ1) is 22.0. The van der Waals surface area contributed by atoms with Gasteiger partial charge in [0.15, 0.2) is 5.60 Å². The predicted octanol–water partition coefficient (Wildman–Crippen LogP) is 2.54. The highest BCUT2D eigenvalue weighted by molar-refractivity contribution is 5.87. The van der Waals surface area contributed by atoms with Crippen molar-refractivity contribution in [3.05, 3.63) is 59.7 Å². The van der Waals surface area contributed by atoms with Gasteiger partial charge in [-0.05, 0) is 23.6 Å². The van der Waals surface area contributed by atoms with Crippen LogP contribution in [0.25, 0.3) is 11.1 Å². The number of methoxy groups -OCH3 is 1. The number of rotatable bonds is 6.